The van der Waals surface area contributed by atoms with Crippen molar-refractivity contribution in [3.8, 4) is 0 Å². The van der Waals surface area contributed by atoms with E-state index in [9.17, 15) is 19.2 Å². The van der Waals surface area contributed by atoms with Crippen molar-refractivity contribution in [3.05, 3.63) is 72.3 Å². The fraction of sp³-hybridized carbons (Fsp3) is 0.286. The van der Waals surface area contributed by atoms with E-state index in [-0.39, 0.29) is 23.8 Å². The van der Waals surface area contributed by atoms with Crippen molar-refractivity contribution >= 4 is 5.69 Å². The monoisotopic (exact) mass is 336 g/mol. The molecule has 10 heteroatoms. The van der Waals surface area contributed by atoms with Gasteiger partial charge in [0.05, 0.1) is 0 Å². The molecule has 0 spiro atoms. The molecule has 1 atom stereocenters. The van der Waals surface area contributed by atoms with Crippen LogP contribution in [0.1, 0.15) is 12.5 Å². The Morgan fingerprint density at radius 3 is 2.46 bits per heavy atom. The summed E-state index contributed by atoms with van der Waals surface area (Å²) in [6.45, 7) is 5.38. The number of anilines is 1. The van der Waals surface area contributed by atoms with Gasteiger partial charge in [-0.3, -0.25) is 19.1 Å². The third-order valence-electron chi connectivity index (χ3n) is 2.84. The fourth-order valence-electron chi connectivity index (χ4n) is 1.76. The van der Waals surface area contributed by atoms with E-state index < -0.39 is 16.9 Å². The molecule has 0 fully saturated rings. The SMILES string of the molecule is C=CCn1c(=O)[nH]cc(N)c1=O.CC(N)Cc1c[nH]c(=O)[nH]c1=O. The summed E-state index contributed by atoms with van der Waals surface area (Å²) >= 11 is 0. The molecule has 0 bridgehead atoms. The van der Waals surface area contributed by atoms with Gasteiger partial charge in [0.15, 0.2) is 0 Å². The molecule has 2 rings (SSSR count). The highest BCUT2D eigenvalue weighted by molar-refractivity contribution is 5.30. The zero-order valence-corrected chi connectivity index (χ0v) is 13.2. The molecule has 10 nitrogen and oxygen atoms in total. The van der Waals surface area contributed by atoms with Gasteiger partial charge in [-0.25, -0.2) is 9.59 Å². The Balaban J connectivity index is 0.000000240. The molecule has 0 aliphatic rings. The third kappa shape index (κ3) is 5.25. The second-order valence-electron chi connectivity index (χ2n) is 5.03. The lowest BCUT2D eigenvalue weighted by Gasteiger charge is -2.01. The van der Waals surface area contributed by atoms with Crippen LogP contribution in [0.25, 0.3) is 0 Å². The molecule has 0 aliphatic carbocycles. The maximum atomic E-state index is 11.1. The highest BCUT2D eigenvalue weighted by atomic mass is 16.2. The van der Waals surface area contributed by atoms with Crippen LogP contribution < -0.4 is 34.0 Å². The number of aromatic nitrogens is 4. The smallest absolute Gasteiger partial charge is 0.328 e. The van der Waals surface area contributed by atoms with Crippen LogP contribution in [0.2, 0.25) is 0 Å². The number of nitrogens with zero attached hydrogens (tertiary/aromatic N) is 1. The first kappa shape index (κ1) is 18.9. The zero-order valence-electron chi connectivity index (χ0n) is 13.2. The Hall–Kier alpha value is -3.14. The second-order valence-corrected chi connectivity index (χ2v) is 5.03. The van der Waals surface area contributed by atoms with Gasteiger partial charge in [-0.05, 0) is 13.3 Å². The van der Waals surface area contributed by atoms with E-state index in [0.29, 0.717) is 12.0 Å². The topological polar surface area (TPSA) is 173 Å². The average molecular weight is 336 g/mol. The molecule has 0 saturated carbocycles. The number of allylic oxidation sites excluding steroid dienone is 1. The van der Waals surface area contributed by atoms with Gasteiger partial charge in [-0.1, -0.05) is 6.08 Å². The minimum atomic E-state index is -0.492. The lowest BCUT2D eigenvalue weighted by molar-refractivity contribution is 0.718. The van der Waals surface area contributed by atoms with E-state index >= 15 is 0 Å². The summed E-state index contributed by atoms with van der Waals surface area (Å²) in [6.07, 6.45) is 4.50. The van der Waals surface area contributed by atoms with Gasteiger partial charge >= 0.3 is 11.4 Å². The van der Waals surface area contributed by atoms with Gasteiger partial charge < -0.3 is 21.4 Å². The lowest BCUT2D eigenvalue weighted by Crippen LogP contribution is -2.35. The normalized spacial score (nSPS) is 11.2. The van der Waals surface area contributed by atoms with Gasteiger partial charge in [0, 0.05) is 30.5 Å². The van der Waals surface area contributed by atoms with Crippen LogP contribution in [0, 0.1) is 0 Å². The highest BCUT2D eigenvalue weighted by Gasteiger charge is 2.02. The van der Waals surface area contributed by atoms with Gasteiger partial charge in [-0.2, -0.15) is 0 Å². The molecule has 7 N–H and O–H groups in total. The van der Waals surface area contributed by atoms with Crippen molar-refractivity contribution in [3.63, 3.8) is 0 Å². The van der Waals surface area contributed by atoms with Crippen LogP contribution in [-0.2, 0) is 13.0 Å². The minimum Gasteiger partial charge on any atom is -0.393 e. The van der Waals surface area contributed by atoms with Crippen molar-refractivity contribution in [1.82, 2.24) is 19.5 Å². The van der Waals surface area contributed by atoms with Gasteiger partial charge in [0.2, 0.25) is 0 Å². The van der Waals surface area contributed by atoms with Crippen molar-refractivity contribution in [1.29, 1.82) is 0 Å². The van der Waals surface area contributed by atoms with Crippen molar-refractivity contribution in [2.75, 3.05) is 5.73 Å². The summed E-state index contributed by atoms with van der Waals surface area (Å²) in [5.41, 5.74) is 9.48. The number of nitrogens with two attached hydrogens (primary N) is 2. The molecule has 2 heterocycles. The molecule has 2 aromatic heterocycles. The summed E-state index contributed by atoms with van der Waals surface area (Å²) in [5.74, 6) is 0. The van der Waals surface area contributed by atoms with Crippen LogP contribution in [0.5, 0.6) is 0 Å². The number of rotatable bonds is 4. The first-order valence-corrected chi connectivity index (χ1v) is 7.01. The van der Waals surface area contributed by atoms with E-state index in [0.717, 1.165) is 4.57 Å². The van der Waals surface area contributed by atoms with Crippen LogP contribution in [-0.4, -0.2) is 25.6 Å². The first-order chi connectivity index (χ1) is 11.3. The zero-order chi connectivity index (χ0) is 18.3. The van der Waals surface area contributed by atoms with Gasteiger partial charge in [0.25, 0.3) is 11.1 Å². The van der Waals surface area contributed by atoms with E-state index in [4.69, 9.17) is 11.5 Å². The predicted octanol–water partition coefficient (Wildman–Crippen LogP) is -1.74. The summed E-state index contributed by atoms with van der Waals surface area (Å²) in [5, 5.41) is 0. The summed E-state index contributed by atoms with van der Waals surface area (Å²) in [6, 6.07) is -0.0861. The molecule has 1 unspecified atom stereocenters. The maximum Gasteiger partial charge on any atom is 0.328 e. The Labute approximate surface area is 135 Å². The Morgan fingerprint density at radius 1 is 1.25 bits per heavy atom. The molecule has 130 valence electrons. The Bertz CT molecular complexity index is 918. The summed E-state index contributed by atoms with van der Waals surface area (Å²) < 4.78 is 0.975. The first-order valence-electron chi connectivity index (χ1n) is 7.01. The van der Waals surface area contributed by atoms with Crippen LogP contribution in [0.3, 0.4) is 0 Å². The quantitative estimate of drug-likeness (QED) is 0.414. The number of H-pyrrole nitrogens is 3. The van der Waals surface area contributed by atoms with E-state index in [1.165, 1.54) is 18.5 Å². The molecule has 0 aliphatic heterocycles. The Kier molecular flexibility index (Phi) is 6.68. The molecule has 24 heavy (non-hydrogen) atoms. The molecule has 0 radical (unpaired) electrons. The van der Waals surface area contributed by atoms with E-state index in [2.05, 4.69) is 21.5 Å². The molecular weight excluding hydrogens is 316 g/mol. The van der Waals surface area contributed by atoms with Gasteiger partial charge in [-0.15, -0.1) is 6.58 Å². The molecule has 0 aromatic carbocycles. The van der Waals surface area contributed by atoms with Crippen molar-refractivity contribution in [2.24, 2.45) is 5.73 Å². The number of hydrogen-bond donors (Lipinski definition) is 5. The summed E-state index contributed by atoms with van der Waals surface area (Å²) in [4.78, 5) is 50.6. The predicted molar refractivity (Wildman–Crippen MR) is 91.0 cm³/mol. The van der Waals surface area contributed by atoms with Crippen LogP contribution in [0.4, 0.5) is 5.69 Å². The number of nitrogen functional groups attached to an aromatic ring is 1. The lowest BCUT2D eigenvalue weighted by atomic mass is 10.1. The molecule has 0 amide bonds. The van der Waals surface area contributed by atoms with Crippen LogP contribution >= 0.6 is 0 Å². The second kappa shape index (κ2) is 8.48. The Morgan fingerprint density at radius 2 is 1.92 bits per heavy atom. The van der Waals surface area contributed by atoms with E-state index in [1.807, 2.05) is 0 Å². The molecule has 0 saturated heterocycles. The minimum absolute atomic E-state index is 0.0245. The van der Waals surface area contributed by atoms with Gasteiger partial charge in [0.1, 0.15) is 5.69 Å². The van der Waals surface area contributed by atoms with Crippen molar-refractivity contribution in [2.45, 2.75) is 25.9 Å². The van der Waals surface area contributed by atoms with Crippen molar-refractivity contribution < 1.29 is 0 Å². The average Bonchev–Trinajstić information content (AvgIpc) is 2.51. The highest BCUT2D eigenvalue weighted by Crippen LogP contribution is 1.89. The number of nitrogens with one attached hydrogen (secondary N) is 3. The third-order valence-corrected chi connectivity index (χ3v) is 2.84. The molecular formula is C14H20N6O4. The standard InChI is InChI=1S/C7H11N3O2.C7H9N3O2/c1-4(8)2-5-3-9-7(12)10-6(5)11;1-2-3-10-6(11)5(8)4-9-7(10)12/h3-4H,2,8H2,1H3,(H2,9,10,11,12);2,4H,1,3,8H2,(H,9,12). The van der Waals surface area contributed by atoms with E-state index in [1.54, 1.807) is 6.92 Å². The summed E-state index contributed by atoms with van der Waals surface area (Å²) in [7, 11) is 0. The molecule has 2 aromatic rings. The largest absolute Gasteiger partial charge is 0.393 e. The fourth-order valence-corrected chi connectivity index (χ4v) is 1.76. The maximum absolute atomic E-state index is 11.1. The van der Waals surface area contributed by atoms with Crippen LogP contribution in [0.15, 0.2) is 44.2 Å². The number of hydrogen-bond acceptors (Lipinski definition) is 6. The number of aromatic amines is 3.